The molecule has 0 aliphatic rings. The number of hydrogen-bond acceptors (Lipinski definition) is 4. The Morgan fingerprint density at radius 2 is 1.22 bits per heavy atom. The van der Waals surface area contributed by atoms with Gasteiger partial charge in [-0.25, -0.2) is 16.8 Å². The number of hydrogen-bond donors (Lipinski definition) is 1. The van der Waals surface area contributed by atoms with Gasteiger partial charge >= 0.3 is 0 Å². The van der Waals surface area contributed by atoms with Gasteiger partial charge in [-0.3, -0.25) is 0 Å². The predicted octanol–water partition coefficient (Wildman–Crippen LogP) is 3.97. The van der Waals surface area contributed by atoms with Crippen LogP contribution in [0.2, 0.25) is 20.1 Å². The summed E-state index contributed by atoms with van der Waals surface area (Å²) >= 11 is 22.9. The van der Waals surface area contributed by atoms with Crippen LogP contribution in [-0.4, -0.2) is 16.8 Å². The minimum Gasteiger partial charge on any atom is -0.206 e. The van der Waals surface area contributed by atoms with Crippen molar-refractivity contribution in [3.63, 3.8) is 0 Å². The maximum Gasteiger partial charge on any atom is 0.255 e. The Hall–Kier alpha value is -0.540. The van der Waals surface area contributed by atoms with Crippen LogP contribution in [0.1, 0.15) is 0 Å². The molecule has 0 aliphatic carbocycles. The second kappa shape index (κ2) is 6.76. The van der Waals surface area contributed by atoms with Gasteiger partial charge in [-0.05, 0) is 36.4 Å². The zero-order chi connectivity index (χ0) is 17.4. The van der Waals surface area contributed by atoms with Gasteiger partial charge in [0.2, 0.25) is 0 Å². The average Bonchev–Trinajstić information content (AvgIpc) is 2.42. The molecule has 124 valence electrons. The molecular weight excluding hydrogens is 428 g/mol. The van der Waals surface area contributed by atoms with E-state index in [1.165, 1.54) is 12.1 Å². The number of benzene rings is 2. The minimum atomic E-state index is -4.49. The molecular formula is C12H7Cl4NO4S2. The molecule has 0 amide bonds. The second-order valence-corrected chi connectivity index (χ2v) is 9.49. The Morgan fingerprint density at radius 1 is 0.696 bits per heavy atom. The van der Waals surface area contributed by atoms with Crippen molar-refractivity contribution in [2.45, 2.75) is 9.79 Å². The average molecular weight is 435 g/mol. The smallest absolute Gasteiger partial charge is 0.206 e. The van der Waals surface area contributed by atoms with Crippen LogP contribution in [0.5, 0.6) is 0 Å². The summed E-state index contributed by atoms with van der Waals surface area (Å²) in [6.07, 6.45) is 0. The van der Waals surface area contributed by atoms with Crippen LogP contribution in [0, 0.1) is 0 Å². The van der Waals surface area contributed by atoms with E-state index in [1.807, 2.05) is 0 Å². The maximum atomic E-state index is 12.3. The molecule has 2 aromatic rings. The molecule has 0 aromatic heterocycles. The van der Waals surface area contributed by atoms with E-state index >= 15 is 0 Å². The highest BCUT2D eigenvalue weighted by Gasteiger charge is 2.27. The Balaban J connectivity index is 2.46. The van der Waals surface area contributed by atoms with Crippen LogP contribution in [0.25, 0.3) is 0 Å². The summed E-state index contributed by atoms with van der Waals surface area (Å²) in [6, 6.07) is 7.03. The summed E-state index contributed by atoms with van der Waals surface area (Å²) in [6.45, 7) is 0. The van der Waals surface area contributed by atoms with E-state index in [0.29, 0.717) is 5.02 Å². The number of halogens is 4. The van der Waals surface area contributed by atoms with E-state index in [1.54, 1.807) is 4.13 Å². The Bertz CT molecular complexity index is 957. The van der Waals surface area contributed by atoms with Gasteiger partial charge in [0.25, 0.3) is 20.0 Å². The van der Waals surface area contributed by atoms with Gasteiger partial charge in [-0.1, -0.05) is 46.4 Å². The summed E-state index contributed by atoms with van der Waals surface area (Å²) in [4.78, 5) is -0.784. The van der Waals surface area contributed by atoms with Crippen molar-refractivity contribution < 1.29 is 16.8 Å². The summed E-state index contributed by atoms with van der Waals surface area (Å²) in [7, 11) is -8.85. The van der Waals surface area contributed by atoms with Gasteiger partial charge in [-0.15, -0.1) is 4.13 Å². The van der Waals surface area contributed by atoms with E-state index in [4.69, 9.17) is 46.4 Å². The molecule has 5 nitrogen and oxygen atoms in total. The topological polar surface area (TPSA) is 80.3 Å². The zero-order valence-electron chi connectivity index (χ0n) is 10.9. The maximum absolute atomic E-state index is 12.3. The van der Waals surface area contributed by atoms with Crippen molar-refractivity contribution in [3.8, 4) is 0 Å². The lowest BCUT2D eigenvalue weighted by Gasteiger charge is -2.10. The van der Waals surface area contributed by atoms with E-state index in [9.17, 15) is 16.8 Å². The predicted molar refractivity (Wildman–Crippen MR) is 90.4 cm³/mol. The molecule has 0 saturated carbocycles. The number of nitrogens with one attached hydrogen (secondary N) is 1. The highest BCUT2D eigenvalue weighted by molar-refractivity contribution is 8.04. The third-order valence-corrected chi connectivity index (χ3v) is 7.57. The SMILES string of the molecule is O=S(=O)(NS(=O)(=O)c1cc(Cl)c(Cl)cc1Cl)c1ccc(Cl)cc1. The molecule has 23 heavy (non-hydrogen) atoms. The summed E-state index contributed by atoms with van der Waals surface area (Å²) in [5.41, 5.74) is 0. The van der Waals surface area contributed by atoms with Crippen LogP contribution in [0.15, 0.2) is 46.2 Å². The van der Waals surface area contributed by atoms with Crippen LogP contribution in [-0.2, 0) is 20.0 Å². The van der Waals surface area contributed by atoms with Crippen molar-refractivity contribution >= 4 is 66.5 Å². The number of rotatable bonds is 4. The van der Waals surface area contributed by atoms with Crippen LogP contribution in [0.3, 0.4) is 0 Å². The molecule has 0 radical (unpaired) electrons. The quantitative estimate of drug-likeness (QED) is 0.738. The Labute approximate surface area is 153 Å². The van der Waals surface area contributed by atoms with Crippen molar-refractivity contribution in [2.24, 2.45) is 0 Å². The molecule has 1 N–H and O–H groups in total. The lowest BCUT2D eigenvalue weighted by atomic mass is 10.4. The third kappa shape index (κ3) is 4.30. The summed E-state index contributed by atoms with van der Waals surface area (Å²) < 4.78 is 50.4. The van der Waals surface area contributed by atoms with Gasteiger partial charge in [-0.2, -0.15) is 0 Å². The molecule has 11 heteroatoms. The molecule has 2 rings (SSSR count). The van der Waals surface area contributed by atoms with Crippen molar-refractivity contribution in [3.05, 3.63) is 56.5 Å². The van der Waals surface area contributed by atoms with E-state index in [0.717, 1.165) is 24.3 Å². The Kier molecular flexibility index (Phi) is 5.52. The fourth-order valence-electron chi connectivity index (χ4n) is 1.56. The van der Waals surface area contributed by atoms with Crippen LogP contribution >= 0.6 is 46.4 Å². The first kappa shape index (κ1) is 18.8. The molecule has 0 fully saturated rings. The van der Waals surface area contributed by atoms with E-state index in [2.05, 4.69) is 0 Å². The van der Waals surface area contributed by atoms with Gasteiger partial charge in [0, 0.05) is 5.02 Å². The fraction of sp³-hybridized carbons (Fsp3) is 0. The molecule has 0 atom stereocenters. The first-order valence-electron chi connectivity index (χ1n) is 5.72. The van der Waals surface area contributed by atoms with Crippen LogP contribution in [0.4, 0.5) is 0 Å². The first-order chi connectivity index (χ1) is 10.5. The van der Waals surface area contributed by atoms with E-state index in [-0.39, 0.29) is 20.0 Å². The van der Waals surface area contributed by atoms with Crippen molar-refractivity contribution in [1.82, 2.24) is 4.13 Å². The standard InChI is InChI=1S/C12H7Cl4NO4S2/c13-7-1-3-8(4-2-7)22(18,19)17-23(20,21)12-6-10(15)9(14)5-11(12)16/h1-6,17H. The van der Waals surface area contributed by atoms with Gasteiger partial charge in [0.1, 0.15) is 4.90 Å². The molecule has 0 aliphatic heterocycles. The second-order valence-electron chi connectivity index (χ2n) is 4.24. The first-order valence-corrected chi connectivity index (χ1v) is 10.2. The summed E-state index contributed by atoms with van der Waals surface area (Å²) in [5.74, 6) is 0. The monoisotopic (exact) mass is 433 g/mol. The van der Waals surface area contributed by atoms with Crippen LogP contribution < -0.4 is 4.13 Å². The third-order valence-electron chi connectivity index (χ3n) is 2.61. The Morgan fingerprint density at radius 3 is 1.78 bits per heavy atom. The highest BCUT2D eigenvalue weighted by atomic mass is 35.5. The molecule has 0 spiro atoms. The fourth-order valence-corrected chi connectivity index (χ4v) is 5.59. The van der Waals surface area contributed by atoms with Gasteiger partial charge in [0.15, 0.2) is 0 Å². The number of sulfonamides is 2. The lowest BCUT2D eigenvalue weighted by molar-refractivity contribution is 0.577. The van der Waals surface area contributed by atoms with Gasteiger partial charge in [0.05, 0.1) is 20.0 Å². The molecule has 0 bridgehead atoms. The largest absolute Gasteiger partial charge is 0.255 e. The minimum absolute atomic E-state index is 0.0381. The van der Waals surface area contributed by atoms with E-state index < -0.39 is 24.9 Å². The highest BCUT2D eigenvalue weighted by Crippen LogP contribution is 2.32. The molecule has 2 aromatic carbocycles. The van der Waals surface area contributed by atoms with Crippen molar-refractivity contribution in [1.29, 1.82) is 0 Å². The zero-order valence-corrected chi connectivity index (χ0v) is 15.6. The normalized spacial score (nSPS) is 12.3. The molecule has 0 heterocycles. The lowest BCUT2D eigenvalue weighted by Crippen LogP contribution is -2.30. The molecule has 0 saturated heterocycles. The summed E-state index contributed by atoms with van der Waals surface area (Å²) in [5, 5.41) is -0.00551. The van der Waals surface area contributed by atoms with Gasteiger partial charge < -0.3 is 0 Å². The molecule has 0 unspecified atom stereocenters. The van der Waals surface area contributed by atoms with Crippen molar-refractivity contribution in [2.75, 3.05) is 0 Å².